The van der Waals surface area contributed by atoms with Gasteiger partial charge in [-0.1, -0.05) is 57.1 Å². The van der Waals surface area contributed by atoms with E-state index in [0.29, 0.717) is 0 Å². The molecule has 1 aromatic rings. The van der Waals surface area contributed by atoms with E-state index in [-0.39, 0.29) is 0 Å². The Kier molecular flexibility index (Phi) is 6.42. The smallest absolute Gasteiger partial charge is 0.0255 e. The van der Waals surface area contributed by atoms with Crippen LogP contribution in [0.1, 0.15) is 56.6 Å². The average Bonchev–Trinajstić information content (AvgIpc) is 2.34. The van der Waals surface area contributed by atoms with E-state index in [0.717, 1.165) is 5.56 Å². The molecule has 0 nitrogen and oxygen atoms in total. The van der Waals surface area contributed by atoms with Crippen LogP contribution < -0.4 is 0 Å². The highest BCUT2D eigenvalue weighted by molar-refractivity contribution is 5.32. The molecule has 0 bridgehead atoms. The largest absolute Gasteiger partial charge is 0.0654 e. The lowest BCUT2D eigenvalue weighted by Crippen LogP contribution is -1.86. The van der Waals surface area contributed by atoms with Crippen molar-refractivity contribution in [2.45, 2.75) is 51.9 Å². The zero-order chi connectivity index (χ0) is 11.6. The van der Waals surface area contributed by atoms with Crippen LogP contribution in [0.15, 0.2) is 24.3 Å². The molecule has 1 aromatic carbocycles. The monoisotopic (exact) mass is 213 g/mol. The molecule has 16 heavy (non-hydrogen) atoms. The van der Waals surface area contributed by atoms with Crippen molar-refractivity contribution in [3.63, 3.8) is 0 Å². The molecule has 85 valence electrons. The van der Waals surface area contributed by atoms with E-state index >= 15 is 0 Å². The SMILES string of the molecule is [C]#Cc1ccc(CCCCCCCC)cc1. The Morgan fingerprint density at radius 1 is 0.938 bits per heavy atom. The van der Waals surface area contributed by atoms with Crippen molar-refractivity contribution in [1.29, 1.82) is 0 Å². The first-order valence-corrected chi connectivity index (χ1v) is 6.38. The lowest BCUT2D eigenvalue weighted by molar-refractivity contribution is 0.607. The van der Waals surface area contributed by atoms with Crippen molar-refractivity contribution in [2.24, 2.45) is 0 Å². The Morgan fingerprint density at radius 3 is 2.19 bits per heavy atom. The third-order valence-corrected chi connectivity index (χ3v) is 2.92. The minimum absolute atomic E-state index is 0.867. The van der Waals surface area contributed by atoms with E-state index < -0.39 is 0 Å². The van der Waals surface area contributed by atoms with E-state index in [1.165, 1.54) is 50.5 Å². The molecule has 0 saturated heterocycles. The zero-order valence-electron chi connectivity index (χ0n) is 10.3. The van der Waals surface area contributed by atoms with Crippen molar-refractivity contribution in [2.75, 3.05) is 0 Å². The molecule has 0 aliphatic carbocycles. The number of benzene rings is 1. The average molecular weight is 213 g/mol. The maximum Gasteiger partial charge on any atom is 0.0255 e. The predicted molar refractivity (Wildman–Crippen MR) is 69.8 cm³/mol. The lowest BCUT2D eigenvalue weighted by atomic mass is 10.0. The molecule has 0 aliphatic rings. The number of rotatable bonds is 7. The first kappa shape index (κ1) is 12.8. The second-order valence-corrected chi connectivity index (χ2v) is 4.34. The Morgan fingerprint density at radius 2 is 1.56 bits per heavy atom. The quantitative estimate of drug-likeness (QED) is 0.461. The maximum atomic E-state index is 7.00. The molecule has 0 fully saturated rings. The summed E-state index contributed by atoms with van der Waals surface area (Å²) in [7, 11) is 0. The van der Waals surface area contributed by atoms with Gasteiger partial charge in [0.1, 0.15) is 0 Å². The van der Waals surface area contributed by atoms with Crippen molar-refractivity contribution >= 4 is 0 Å². The van der Waals surface area contributed by atoms with Crippen LogP contribution in [-0.4, -0.2) is 0 Å². The summed E-state index contributed by atoms with van der Waals surface area (Å²) in [5.41, 5.74) is 2.25. The summed E-state index contributed by atoms with van der Waals surface area (Å²) in [6.45, 7) is 2.25. The highest BCUT2D eigenvalue weighted by Gasteiger charge is 1.94. The van der Waals surface area contributed by atoms with E-state index in [1.807, 2.05) is 12.1 Å². The van der Waals surface area contributed by atoms with Crippen LogP contribution >= 0.6 is 0 Å². The zero-order valence-corrected chi connectivity index (χ0v) is 10.3. The molecule has 0 atom stereocenters. The summed E-state index contributed by atoms with van der Waals surface area (Å²) in [6.07, 6.45) is 16.3. The normalized spacial score (nSPS) is 10.0. The second kappa shape index (κ2) is 7.99. The van der Waals surface area contributed by atoms with Crippen molar-refractivity contribution in [1.82, 2.24) is 0 Å². The first-order chi connectivity index (χ1) is 7.86. The number of aryl methyl sites for hydroxylation is 1. The van der Waals surface area contributed by atoms with E-state index in [4.69, 9.17) is 6.42 Å². The van der Waals surface area contributed by atoms with Crippen LogP contribution in [-0.2, 0) is 6.42 Å². The molecular formula is C16H21. The van der Waals surface area contributed by atoms with Gasteiger partial charge in [-0.05, 0) is 37.0 Å². The van der Waals surface area contributed by atoms with Gasteiger partial charge in [0.15, 0.2) is 0 Å². The van der Waals surface area contributed by atoms with Crippen molar-refractivity contribution in [3.05, 3.63) is 41.8 Å². The fraction of sp³-hybridized carbons (Fsp3) is 0.500. The van der Waals surface area contributed by atoms with E-state index in [1.54, 1.807) is 0 Å². The van der Waals surface area contributed by atoms with Crippen molar-refractivity contribution in [3.8, 4) is 5.92 Å². The lowest BCUT2D eigenvalue weighted by Gasteiger charge is -2.02. The summed E-state index contributed by atoms with van der Waals surface area (Å²) in [4.78, 5) is 0. The van der Waals surface area contributed by atoms with Crippen LogP contribution in [0.2, 0.25) is 0 Å². The molecule has 0 N–H and O–H groups in total. The Bertz CT molecular complexity index is 313. The molecule has 0 unspecified atom stereocenters. The van der Waals surface area contributed by atoms with Gasteiger partial charge >= 0.3 is 0 Å². The molecular weight excluding hydrogens is 192 g/mol. The van der Waals surface area contributed by atoms with Gasteiger partial charge in [-0.3, -0.25) is 0 Å². The highest BCUT2D eigenvalue weighted by Crippen LogP contribution is 2.10. The fourth-order valence-corrected chi connectivity index (χ4v) is 1.86. The van der Waals surface area contributed by atoms with Crippen LogP contribution in [0.25, 0.3) is 0 Å². The molecule has 0 spiro atoms. The Labute approximate surface area is 100 Å². The molecule has 0 aliphatic heterocycles. The van der Waals surface area contributed by atoms with Gasteiger partial charge in [-0.15, -0.1) is 0 Å². The minimum Gasteiger partial charge on any atom is -0.0654 e. The highest BCUT2D eigenvalue weighted by atomic mass is 14.0. The van der Waals surface area contributed by atoms with Crippen molar-refractivity contribution < 1.29 is 0 Å². The van der Waals surface area contributed by atoms with Crippen LogP contribution in [0, 0.1) is 12.3 Å². The van der Waals surface area contributed by atoms with Crippen LogP contribution in [0.3, 0.4) is 0 Å². The van der Waals surface area contributed by atoms with Gasteiger partial charge in [0.2, 0.25) is 0 Å². The molecule has 1 rings (SSSR count). The van der Waals surface area contributed by atoms with Gasteiger partial charge < -0.3 is 0 Å². The summed E-state index contributed by atoms with van der Waals surface area (Å²) in [6, 6.07) is 8.17. The number of hydrogen-bond acceptors (Lipinski definition) is 0. The summed E-state index contributed by atoms with van der Waals surface area (Å²) >= 11 is 0. The van der Waals surface area contributed by atoms with Gasteiger partial charge in [-0.25, -0.2) is 0 Å². The fourth-order valence-electron chi connectivity index (χ4n) is 1.86. The topological polar surface area (TPSA) is 0 Å². The van der Waals surface area contributed by atoms with Crippen LogP contribution in [0.4, 0.5) is 0 Å². The Balaban J connectivity index is 2.15. The third kappa shape index (κ3) is 5.03. The summed E-state index contributed by atoms with van der Waals surface area (Å²) in [5, 5.41) is 0. The van der Waals surface area contributed by atoms with Gasteiger partial charge in [0, 0.05) is 5.56 Å². The maximum absolute atomic E-state index is 7.00. The molecule has 1 radical (unpaired) electrons. The molecule has 0 heteroatoms. The number of unbranched alkanes of at least 4 members (excludes halogenated alkanes) is 5. The Hall–Kier alpha value is -1.22. The number of hydrogen-bond donors (Lipinski definition) is 0. The van der Waals surface area contributed by atoms with Crippen LogP contribution in [0.5, 0.6) is 0 Å². The first-order valence-electron chi connectivity index (χ1n) is 6.38. The van der Waals surface area contributed by atoms with Gasteiger partial charge in [0.05, 0.1) is 0 Å². The second-order valence-electron chi connectivity index (χ2n) is 4.34. The minimum atomic E-state index is 0.867. The molecule has 0 heterocycles. The van der Waals surface area contributed by atoms with E-state index in [9.17, 15) is 0 Å². The third-order valence-electron chi connectivity index (χ3n) is 2.92. The molecule has 0 aromatic heterocycles. The standard InChI is InChI=1S/C16H21/c1-3-5-6-7-8-9-10-16-13-11-15(4-2)12-14-16/h11-14H,3,5-10H2,1H3. The van der Waals surface area contributed by atoms with E-state index in [2.05, 4.69) is 25.0 Å². The molecule has 0 saturated carbocycles. The van der Waals surface area contributed by atoms with Gasteiger partial charge in [-0.2, -0.15) is 0 Å². The summed E-state index contributed by atoms with van der Waals surface area (Å²) < 4.78 is 0. The predicted octanol–water partition coefficient (Wildman–Crippen LogP) is 4.53. The molecule has 0 amide bonds. The summed E-state index contributed by atoms with van der Waals surface area (Å²) in [5.74, 6) is 2.39. The van der Waals surface area contributed by atoms with Gasteiger partial charge in [0.25, 0.3) is 0 Å².